The van der Waals surface area contributed by atoms with E-state index in [0.29, 0.717) is 5.41 Å². The first-order valence-corrected chi connectivity index (χ1v) is 7.16. The number of hydrogen-bond donors (Lipinski definition) is 0. The Labute approximate surface area is 106 Å². The number of benzene rings is 1. The molecular weight excluding hydrogens is 264 g/mol. The molecule has 0 unspecified atom stereocenters. The van der Waals surface area contributed by atoms with Crippen molar-refractivity contribution in [1.82, 2.24) is 0 Å². The van der Waals surface area contributed by atoms with E-state index in [2.05, 4.69) is 47.1 Å². The molecule has 2 rings (SSSR count). The minimum Gasteiger partial charge on any atom is -0.381 e. The Bertz CT molecular complexity index is 342. The van der Waals surface area contributed by atoms with Gasteiger partial charge in [0.2, 0.25) is 0 Å². The summed E-state index contributed by atoms with van der Waals surface area (Å²) in [5, 5.41) is 0.942. The van der Waals surface area contributed by atoms with Gasteiger partial charge in [-0.2, -0.15) is 0 Å². The summed E-state index contributed by atoms with van der Waals surface area (Å²) in [6, 6.07) is 8.99. The second-order valence-electron chi connectivity index (χ2n) is 4.58. The van der Waals surface area contributed by atoms with Crippen molar-refractivity contribution >= 4 is 15.9 Å². The highest BCUT2D eigenvalue weighted by Gasteiger charge is 2.32. The van der Waals surface area contributed by atoms with Gasteiger partial charge in [-0.1, -0.05) is 47.1 Å². The maximum atomic E-state index is 5.50. The Morgan fingerprint density at radius 2 is 2.06 bits per heavy atom. The summed E-state index contributed by atoms with van der Waals surface area (Å²) >= 11 is 3.53. The Morgan fingerprint density at radius 3 is 2.69 bits per heavy atom. The summed E-state index contributed by atoms with van der Waals surface area (Å²) in [5.74, 6) is 0. The normalized spacial score (nSPS) is 19.6. The van der Waals surface area contributed by atoms with Crippen LogP contribution in [-0.4, -0.2) is 13.2 Å². The third kappa shape index (κ3) is 2.33. The van der Waals surface area contributed by atoms with Crippen LogP contribution in [0.1, 0.15) is 37.3 Å². The third-order valence-corrected chi connectivity index (χ3v) is 4.47. The Balaban J connectivity index is 2.31. The van der Waals surface area contributed by atoms with Crippen LogP contribution in [-0.2, 0) is 15.5 Å². The molecule has 1 heterocycles. The van der Waals surface area contributed by atoms with Gasteiger partial charge in [0, 0.05) is 18.5 Å². The second-order valence-corrected chi connectivity index (χ2v) is 5.14. The van der Waals surface area contributed by atoms with E-state index in [9.17, 15) is 0 Å². The Kier molecular flexibility index (Phi) is 4.04. The minimum atomic E-state index is 0.358. The molecule has 0 radical (unpaired) electrons. The number of halogens is 1. The Morgan fingerprint density at radius 1 is 1.31 bits per heavy atom. The molecule has 0 amide bonds. The molecular formula is C14H19BrO. The molecule has 0 aromatic heterocycles. The lowest BCUT2D eigenvalue weighted by molar-refractivity contribution is 0.0485. The van der Waals surface area contributed by atoms with Gasteiger partial charge >= 0.3 is 0 Å². The zero-order valence-electron chi connectivity index (χ0n) is 9.84. The maximum absolute atomic E-state index is 5.50. The van der Waals surface area contributed by atoms with Gasteiger partial charge in [0.1, 0.15) is 0 Å². The van der Waals surface area contributed by atoms with Crippen molar-refractivity contribution in [2.75, 3.05) is 13.2 Å². The van der Waals surface area contributed by atoms with E-state index in [-0.39, 0.29) is 0 Å². The molecule has 1 aromatic carbocycles. The Hall–Kier alpha value is -0.340. The predicted molar refractivity (Wildman–Crippen MR) is 71.1 cm³/mol. The average Bonchev–Trinajstić information content (AvgIpc) is 2.39. The first-order chi connectivity index (χ1) is 7.80. The van der Waals surface area contributed by atoms with E-state index in [1.165, 1.54) is 17.5 Å². The summed E-state index contributed by atoms with van der Waals surface area (Å²) < 4.78 is 5.50. The van der Waals surface area contributed by atoms with E-state index in [0.717, 1.165) is 31.4 Å². The summed E-state index contributed by atoms with van der Waals surface area (Å²) in [7, 11) is 0. The molecule has 88 valence electrons. The van der Waals surface area contributed by atoms with Crippen LogP contribution in [0.5, 0.6) is 0 Å². The van der Waals surface area contributed by atoms with Gasteiger partial charge in [0.25, 0.3) is 0 Å². The van der Waals surface area contributed by atoms with E-state index < -0.39 is 0 Å². The van der Waals surface area contributed by atoms with E-state index >= 15 is 0 Å². The van der Waals surface area contributed by atoms with Crippen molar-refractivity contribution in [3.05, 3.63) is 35.4 Å². The van der Waals surface area contributed by atoms with Crippen LogP contribution in [0.25, 0.3) is 0 Å². The molecule has 0 N–H and O–H groups in total. The molecule has 2 heteroatoms. The van der Waals surface area contributed by atoms with Gasteiger partial charge in [0.05, 0.1) is 0 Å². The van der Waals surface area contributed by atoms with Crippen molar-refractivity contribution in [1.29, 1.82) is 0 Å². The molecule has 1 aliphatic heterocycles. The number of alkyl halides is 1. The largest absolute Gasteiger partial charge is 0.381 e. The first kappa shape index (κ1) is 12.1. The van der Waals surface area contributed by atoms with Crippen molar-refractivity contribution in [2.24, 2.45) is 0 Å². The number of rotatable bonds is 3. The standard InChI is InChI=1S/C14H19BrO/c1-2-14(6-8-16-9-7-14)13-5-3-4-12(10-13)11-15/h3-5,10H,2,6-9,11H2,1H3. The highest BCUT2D eigenvalue weighted by atomic mass is 79.9. The van der Waals surface area contributed by atoms with E-state index in [4.69, 9.17) is 4.74 Å². The molecule has 1 fully saturated rings. The van der Waals surface area contributed by atoms with Gasteiger partial charge in [0.15, 0.2) is 0 Å². The van der Waals surface area contributed by atoms with Crippen LogP contribution in [0, 0.1) is 0 Å². The van der Waals surface area contributed by atoms with Gasteiger partial charge < -0.3 is 4.74 Å². The summed E-state index contributed by atoms with van der Waals surface area (Å²) in [6.07, 6.45) is 3.53. The van der Waals surface area contributed by atoms with Crippen LogP contribution in [0.3, 0.4) is 0 Å². The van der Waals surface area contributed by atoms with Gasteiger partial charge in [-0.25, -0.2) is 0 Å². The first-order valence-electron chi connectivity index (χ1n) is 6.04. The van der Waals surface area contributed by atoms with Crippen molar-refractivity contribution < 1.29 is 4.74 Å². The summed E-state index contributed by atoms with van der Waals surface area (Å²) in [6.45, 7) is 4.12. The molecule has 0 bridgehead atoms. The third-order valence-electron chi connectivity index (χ3n) is 3.82. The molecule has 1 saturated heterocycles. The fourth-order valence-corrected chi connectivity index (χ4v) is 2.94. The highest BCUT2D eigenvalue weighted by Crippen LogP contribution is 2.38. The molecule has 0 aliphatic carbocycles. The van der Waals surface area contributed by atoms with Crippen LogP contribution in [0.4, 0.5) is 0 Å². The smallest absolute Gasteiger partial charge is 0.0474 e. The molecule has 0 saturated carbocycles. The van der Waals surface area contributed by atoms with E-state index in [1.807, 2.05) is 0 Å². The zero-order chi connectivity index (χ0) is 11.4. The van der Waals surface area contributed by atoms with E-state index in [1.54, 1.807) is 0 Å². The maximum Gasteiger partial charge on any atom is 0.0474 e. The quantitative estimate of drug-likeness (QED) is 0.761. The predicted octanol–water partition coefficient (Wildman–Crippen LogP) is 4.04. The molecule has 0 spiro atoms. The van der Waals surface area contributed by atoms with Crippen LogP contribution in [0.15, 0.2) is 24.3 Å². The fraction of sp³-hybridized carbons (Fsp3) is 0.571. The van der Waals surface area contributed by atoms with Crippen LogP contribution in [0.2, 0.25) is 0 Å². The minimum absolute atomic E-state index is 0.358. The lowest BCUT2D eigenvalue weighted by Gasteiger charge is -2.37. The average molecular weight is 283 g/mol. The SMILES string of the molecule is CCC1(c2cccc(CBr)c2)CCOCC1. The molecule has 1 nitrogen and oxygen atoms in total. The van der Waals surface area contributed by atoms with Crippen molar-refractivity contribution in [3.63, 3.8) is 0 Å². The fourth-order valence-electron chi connectivity index (χ4n) is 2.59. The lowest BCUT2D eigenvalue weighted by atomic mass is 9.72. The van der Waals surface area contributed by atoms with Crippen molar-refractivity contribution in [2.45, 2.75) is 36.9 Å². The molecule has 16 heavy (non-hydrogen) atoms. The number of ether oxygens (including phenoxy) is 1. The zero-order valence-corrected chi connectivity index (χ0v) is 11.4. The van der Waals surface area contributed by atoms with Gasteiger partial charge in [-0.15, -0.1) is 0 Å². The van der Waals surface area contributed by atoms with Gasteiger partial charge in [-0.05, 0) is 35.8 Å². The number of hydrogen-bond acceptors (Lipinski definition) is 1. The molecule has 1 aromatic rings. The van der Waals surface area contributed by atoms with Crippen LogP contribution < -0.4 is 0 Å². The summed E-state index contributed by atoms with van der Waals surface area (Å²) in [5.41, 5.74) is 3.23. The molecule has 0 atom stereocenters. The highest BCUT2D eigenvalue weighted by molar-refractivity contribution is 9.08. The lowest BCUT2D eigenvalue weighted by Crippen LogP contribution is -2.33. The second kappa shape index (κ2) is 5.33. The van der Waals surface area contributed by atoms with Crippen LogP contribution >= 0.6 is 15.9 Å². The van der Waals surface area contributed by atoms with Gasteiger partial charge in [-0.3, -0.25) is 0 Å². The molecule has 1 aliphatic rings. The van der Waals surface area contributed by atoms with Crippen molar-refractivity contribution in [3.8, 4) is 0 Å². The summed E-state index contributed by atoms with van der Waals surface area (Å²) in [4.78, 5) is 0. The monoisotopic (exact) mass is 282 g/mol. The topological polar surface area (TPSA) is 9.23 Å².